The topological polar surface area (TPSA) is 41.3 Å². The van der Waals surface area contributed by atoms with E-state index in [1.165, 1.54) is 0 Å². The third kappa shape index (κ3) is 2.21. The molecule has 0 radical (unpaired) electrons. The second-order valence-corrected chi connectivity index (χ2v) is 4.59. The molecule has 1 unspecified atom stereocenters. The van der Waals surface area contributed by atoms with Crippen molar-refractivity contribution < 1.29 is 5.11 Å². The quantitative estimate of drug-likeness (QED) is 0.741. The molecule has 0 aromatic carbocycles. The van der Waals surface area contributed by atoms with E-state index >= 15 is 0 Å². The summed E-state index contributed by atoms with van der Waals surface area (Å²) in [4.78, 5) is 2.27. The minimum atomic E-state index is -0.668. The van der Waals surface area contributed by atoms with Crippen LogP contribution in [0.2, 0.25) is 0 Å². The lowest BCUT2D eigenvalue weighted by molar-refractivity contribution is 0.0218. The molecular weight excluding hydrogens is 190 g/mol. The summed E-state index contributed by atoms with van der Waals surface area (Å²) in [6, 6.07) is 0. The zero-order valence-corrected chi connectivity index (χ0v) is 9.48. The summed E-state index contributed by atoms with van der Waals surface area (Å²) in [6.07, 6.45) is 6.39. The zero-order chi connectivity index (χ0) is 10.9. The van der Waals surface area contributed by atoms with Crippen LogP contribution in [-0.4, -0.2) is 39.9 Å². The molecule has 2 rings (SSSR count). The van der Waals surface area contributed by atoms with Gasteiger partial charge in [0.2, 0.25) is 0 Å². The Bertz CT molecular complexity index is 336. The summed E-state index contributed by atoms with van der Waals surface area (Å²) in [6.45, 7) is 2.02. The van der Waals surface area contributed by atoms with Crippen molar-refractivity contribution in [2.24, 2.45) is 7.05 Å². The molecule has 0 bridgehead atoms. The van der Waals surface area contributed by atoms with Gasteiger partial charge in [-0.15, -0.1) is 0 Å². The standard InChI is InChI=1S/C11H19N3O/c1-13-6-3-4-11(15,5-7-13)10-8-12-14(2)9-10/h8-9,15H,3-7H2,1-2H3. The lowest BCUT2D eigenvalue weighted by Crippen LogP contribution is -2.27. The number of aromatic nitrogens is 2. The predicted octanol–water partition coefficient (Wildman–Crippen LogP) is 0.723. The fourth-order valence-electron chi connectivity index (χ4n) is 2.20. The second-order valence-electron chi connectivity index (χ2n) is 4.59. The van der Waals surface area contributed by atoms with Crippen LogP contribution in [0.1, 0.15) is 24.8 Å². The van der Waals surface area contributed by atoms with Gasteiger partial charge in [0.15, 0.2) is 0 Å². The summed E-state index contributed by atoms with van der Waals surface area (Å²) < 4.78 is 1.75. The minimum absolute atomic E-state index is 0.668. The molecule has 1 atom stereocenters. The third-order valence-corrected chi connectivity index (χ3v) is 3.28. The molecule has 1 aromatic rings. The predicted molar refractivity (Wildman–Crippen MR) is 58.5 cm³/mol. The third-order valence-electron chi connectivity index (χ3n) is 3.28. The first-order chi connectivity index (χ1) is 7.10. The van der Waals surface area contributed by atoms with E-state index < -0.39 is 5.60 Å². The van der Waals surface area contributed by atoms with Gasteiger partial charge in [0.05, 0.1) is 11.8 Å². The average Bonchev–Trinajstić information content (AvgIpc) is 2.55. The summed E-state index contributed by atoms with van der Waals surface area (Å²) in [5.74, 6) is 0. The Kier molecular flexibility index (Phi) is 2.80. The van der Waals surface area contributed by atoms with Gasteiger partial charge < -0.3 is 10.0 Å². The Morgan fingerprint density at radius 1 is 1.33 bits per heavy atom. The molecule has 1 fully saturated rings. The molecule has 15 heavy (non-hydrogen) atoms. The Labute approximate surface area is 90.5 Å². The maximum atomic E-state index is 10.6. The van der Waals surface area contributed by atoms with Crippen molar-refractivity contribution in [3.05, 3.63) is 18.0 Å². The van der Waals surface area contributed by atoms with Crippen molar-refractivity contribution >= 4 is 0 Å². The van der Waals surface area contributed by atoms with E-state index in [9.17, 15) is 5.11 Å². The Morgan fingerprint density at radius 2 is 2.13 bits per heavy atom. The van der Waals surface area contributed by atoms with Crippen LogP contribution in [0.4, 0.5) is 0 Å². The first-order valence-corrected chi connectivity index (χ1v) is 5.50. The van der Waals surface area contributed by atoms with Gasteiger partial charge in [-0.05, 0) is 32.9 Å². The average molecular weight is 209 g/mol. The highest BCUT2D eigenvalue weighted by Crippen LogP contribution is 2.31. The normalized spacial score (nSPS) is 29.0. The maximum absolute atomic E-state index is 10.6. The highest BCUT2D eigenvalue weighted by molar-refractivity contribution is 5.15. The molecular formula is C11H19N3O. The van der Waals surface area contributed by atoms with Gasteiger partial charge in [-0.3, -0.25) is 4.68 Å². The number of hydrogen-bond donors (Lipinski definition) is 1. The van der Waals surface area contributed by atoms with Gasteiger partial charge in [0.25, 0.3) is 0 Å². The lowest BCUT2D eigenvalue weighted by Gasteiger charge is -2.25. The fourth-order valence-corrected chi connectivity index (χ4v) is 2.20. The van der Waals surface area contributed by atoms with Gasteiger partial charge in [0, 0.05) is 25.4 Å². The van der Waals surface area contributed by atoms with E-state index in [0.717, 1.165) is 37.9 Å². The van der Waals surface area contributed by atoms with Crippen LogP contribution in [-0.2, 0) is 12.6 Å². The van der Waals surface area contributed by atoms with Crippen LogP contribution in [0.15, 0.2) is 12.4 Å². The molecule has 0 saturated carbocycles. The van der Waals surface area contributed by atoms with Crippen LogP contribution < -0.4 is 0 Å². The summed E-state index contributed by atoms with van der Waals surface area (Å²) in [7, 11) is 3.99. The van der Waals surface area contributed by atoms with E-state index in [-0.39, 0.29) is 0 Å². The van der Waals surface area contributed by atoms with Gasteiger partial charge in [0.1, 0.15) is 0 Å². The van der Waals surface area contributed by atoms with Crippen molar-refractivity contribution in [3.63, 3.8) is 0 Å². The summed E-state index contributed by atoms with van der Waals surface area (Å²) in [5.41, 5.74) is 0.291. The number of nitrogens with zero attached hydrogens (tertiary/aromatic N) is 3. The largest absolute Gasteiger partial charge is 0.385 e. The molecule has 4 heteroatoms. The van der Waals surface area contributed by atoms with E-state index in [4.69, 9.17) is 0 Å². The molecule has 1 saturated heterocycles. The van der Waals surface area contributed by atoms with Gasteiger partial charge in [-0.1, -0.05) is 0 Å². The number of aliphatic hydroxyl groups is 1. The molecule has 0 spiro atoms. The maximum Gasteiger partial charge on any atom is 0.0939 e. The molecule has 1 N–H and O–H groups in total. The summed E-state index contributed by atoms with van der Waals surface area (Å²) >= 11 is 0. The summed E-state index contributed by atoms with van der Waals surface area (Å²) in [5, 5.41) is 14.7. The molecule has 0 aliphatic carbocycles. The van der Waals surface area contributed by atoms with Gasteiger partial charge in [-0.2, -0.15) is 5.10 Å². The van der Waals surface area contributed by atoms with E-state index in [0.29, 0.717) is 0 Å². The van der Waals surface area contributed by atoms with Crippen molar-refractivity contribution in [3.8, 4) is 0 Å². The molecule has 0 amide bonds. The highest BCUT2D eigenvalue weighted by Gasteiger charge is 2.32. The number of aryl methyl sites for hydroxylation is 1. The fraction of sp³-hybridized carbons (Fsp3) is 0.727. The van der Waals surface area contributed by atoms with Crippen LogP contribution in [0.5, 0.6) is 0 Å². The molecule has 1 aromatic heterocycles. The SMILES string of the molecule is CN1CCCC(O)(c2cnn(C)c2)CC1. The number of likely N-dealkylation sites (tertiary alicyclic amines) is 1. The van der Waals surface area contributed by atoms with Crippen LogP contribution >= 0.6 is 0 Å². The van der Waals surface area contributed by atoms with Crippen molar-refractivity contribution in [2.75, 3.05) is 20.1 Å². The Morgan fingerprint density at radius 3 is 2.80 bits per heavy atom. The number of rotatable bonds is 1. The molecule has 4 nitrogen and oxygen atoms in total. The van der Waals surface area contributed by atoms with E-state index in [1.54, 1.807) is 10.9 Å². The smallest absolute Gasteiger partial charge is 0.0939 e. The van der Waals surface area contributed by atoms with E-state index in [2.05, 4.69) is 17.0 Å². The Balaban J connectivity index is 2.18. The van der Waals surface area contributed by atoms with E-state index in [1.807, 2.05) is 13.2 Å². The van der Waals surface area contributed by atoms with Crippen LogP contribution in [0, 0.1) is 0 Å². The molecule has 1 aliphatic heterocycles. The van der Waals surface area contributed by atoms with Crippen molar-refractivity contribution in [2.45, 2.75) is 24.9 Å². The minimum Gasteiger partial charge on any atom is -0.385 e. The van der Waals surface area contributed by atoms with Crippen LogP contribution in [0.25, 0.3) is 0 Å². The van der Waals surface area contributed by atoms with Crippen LogP contribution in [0.3, 0.4) is 0 Å². The molecule has 84 valence electrons. The molecule has 1 aliphatic rings. The van der Waals surface area contributed by atoms with Crippen molar-refractivity contribution in [1.29, 1.82) is 0 Å². The molecule has 2 heterocycles. The Hall–Kier alpha value is -0.870. The lowest BCUT2D eigenvalue weighted by atomic mass is 9.89. The van der Waals surface area contributed by atoms with Crippen molar-refractivity contribution in [1.82, 2.24) is 14.7 Å². The van der Waals surface area contributed by atoms with Gasteiger partial charge in [-0.25, -0.2) is 0 Å². The second kappa shape index (κ2) is 3.94. The highest BCUT2D eigenvalue weighted by atomic mass is 16.3. The zero-order valence-electron chi connectivity index (χ0n) is 9.48. The first-order valence-electron chi connectivity index (χ1n) is 5.50. The first kappa shape index (κ1) is 10.6. The monoisotopic (exact) mass is 209 g/mol. The number of hydrogen-bond acceptors (Lipinski definition) is 3. The van der Waals surface area contributed by atoms with Gasteiger partial charge >= 0.3 is 0 Å².